The van der Waals surface area contributed by atoms with Crippen molar-refractivity contribution >= 4 is 9.84 Å². The number of sulfone groups is 1. The van der Waals surface area contributed by atoms with Gasteiger partial charge in [0, 0.05) is 19.7 Å². The molecule has 0 amide bonds. The molecule has 0 aromatic rings. The summed E-state index contributed by atoms with van der Waals surface area (Å²) in [6.07, 6.45) is 2.19. The fourth-order valence-corrected chi connectivity index (χ4v) is 3.60. The first kappa shape index (κ1) is 12.7. The van der Waals surface area contributed by atoms with E-state index in [0.29, 0.717) is 26.1 Å². The summed E-state index contributed by atoms with van der Waals surface area (Å²) < 4.78 is 29.0. The van der Waals surface area contributed by atoms with Crippen LogP contribution in [0.3, 0.4) is 0 Å². The molecular formula is C10H19NO3S. The third-order valence-corrected chi connectivity index (χ3v) is 4.93. The predicted molar refractivity (Wildman–Crippen MR) is 60.7 cm³/mol. The van der Waals surface area contributed by atoms with Crippen LogP contribution in [-0.2, 0) is 14.6 Å². The van der Waals surface area contributed by atoms with E-state index >= 15 is 0 Å². The summed E-state index contributed by atoms with van der Waals surface area (Å²) in [5, 5.41) is 2.67. The van der Waals surface area contributed by atoms with Crippen LogP contribution in [0.15, 0.2) is 12.7 Å². The largest absolute Gasteiger partial charge is 0.377 e. The van der Waals surface area contributed by atoms with Gasteiger partial charge in [-0.1, -0.05) is 6.08 Å². The molecule has 0 saturated carbocycles. The van der Waals surface area contributed by atoms with Gasteiger partial charge < -0.3 is 10.1 Å². The highest BCUT2D eigenvalue weighted by Crippen LogP contribution is 2.21. The second-order valence-corrected chi connectivity index (χ2v) is 6.10. The van der Waals surface area contributed by atoms with Crippen LogP contribution in [0.25, 0.3) is 0 Å². The van der Waals surface area contributed by atoms with Gasteiger partial charge in [-0.15, -0.1) is 6.58 Å². The Bertz CT molecular complexity index is 300. The molecule has 1 N–H and O–H groups in total. The second kappa shape index (κ2) is 5.63. The SMILES string of the molecule is C=CCNCCS(=O)(=O)C1CCOC1C. The molecule has 88 valence electrons. The Hall–Kier alpha value is -0.390. The van der Waals surface area contributed by atoms with Crippen LogP contribution in [-0.4, -0.2) is 45.2 Å². The summed E-state index contributed by atoms with van der Waals surface area (Å²) in [5.74, 6) is 0.180. The molecule has 1 heterocycles. The highest BCUT2D eigenvalue weighted by atomic mass is 32.2. The summed E-state index contributed by atoms with van der Waals surface area (Å²) in [5.41, 5.74) is 0. The Balaban J connectivity index is 2.41. The van der Waals surface area contributed by atoms with E-state index in [-0.39, 0.29) is 17.1 Å². The lowest BCUT2D eigenvalue weighted by Gasteiger charge is -2.14. The minimum atomic E-state index is -3.01. The van der Waals surface area contributed by atoms with Crippen LogP contribution in [0.4, 0.5) is 0 Å². The highest BCUT2D eigenvalue weighted by molar-refractivity contribution is 7.92. The fraction of sp³-hybridized carbons (Fsp3) is 0.800. The summed E-state index contributed by atoms with van der Waals surface area (Å²) in [4.78, 5) is 0. The minimum absolute atomic E-state index is 0.158. The number of ether oxygens (including phenoxy) is 1. The Labute approximate surface area is 91.6 Å². The second-order valence-electron chi connectivity index (χ2n) is 3.76. The van der Waals surface area contributed by atoms with Gasteiger partial charge in [-0.3, -0.25) is 0 Å². The molecular weight excluding hydrogens is 214 g/mol. The molecule has 4 nitrogen and oxygen atoms in total. The molecule has 1 saturated heterocycles. The van der Waals surface area contributed by atoms with Crippen molar-refractivity contribution in [3.63, 3.8) is 0 Å². The summed E-state index contributed by atoms with van der Waals surface area (Å²) >= 11 is 0. The van der Waals surface area contributed by atoms with Crippen molar-refractivity contribution in [1.82, 2.24) is 5.32 Å². The molecule has 2 atom stereocenters. The van der Waals surface area contributed by atoms with Gasteiger partial charge in [0.2, 0.25) is 0 Å². The maximum absolute atomic E-state index is 11.9. The molecule has 0 aromatic heterocycles. The lowest BCUT2D eigenvalue weighted by atomic mass is 10.3. The van der Waals surface area contributed by atoms with E-state index < -0.39 is 9.84 Å². The molecule has 0 aromatic carbocycles. The topological polar surface area (TPSA) is 55.4 Å². The van der Waals surface area contributed by atoms with Crippen molar-refractivity contribution in [2.45, 2.75) is 24.7 Å². The molecule has 0 aliphatic carbocycles. The van der Waals surface area contributed by atoms with Gasteiger partial charge in [-0.25, -0.2) is 8.42 Å². The van der Waals surface area contributed by atoms with Crippen molar-refractivity contribution in [3.05, 3.63) is 12.7 Å². The van der Waals surface area contributed by atoms with Crippen LogP contribution >= 0.6 is 0 Å². The van der Waals surface area contributed by atoms with Gasteiger partial charge in [-0.2, -0.15) is 0 Å². The van der Waals surface area contributed by atoms with Gasteiger partial charge in [-0.05, 0) is 13.3 Å². The van der Waals surface area contributed by atoms with Crippen molar-refractivity contribution in [1.29, 1.82) is 0 Å². The van der Waals surface area contributed by atoms with Crippen LogP contribution in [0.2, 0.25) is 0 Å². The Morgan fingerprint density at radius 3 is 2.87 bits per heavy atom. The van der Waals surface area contributed by atoms with Crippen molar-refractivity contribution in [3.8, 4) is 0 Å². The number of hydrogen-bond acceptors (Lipinski definition) is 4. The third-order valence-electron chi connectivity index (χ3n) is 2.62. The summed E-state index contributed by atoms with van der Waals surface area (Å²) in [7, 11) is -3.01. The molecule has 1 fully saturated rings. The van der Waals surface area contributed by atoms with E-state index in [1.165, 1.54) is 0 Å². The van der Waals surface area contributed by atoms with Crippen LogP contribution < -0.4 is 5.32 Å². The molecule has 15 heavy (non-hydrogen) atoms. The van der Waals surface area contributed by atoms with Gasteiger partial charge in [0.25, 0.3) is 0 Å². The minimum Gasteiger partial charge on any atom is -0.377 e. The Kier molecular flexibility index (Phi) is 4.76. The van der Waals surface area contributed by atoms with Crippen molar-refractivity contribution < 1.29 is 13.2 Å². The predicted octanol–water partition coefficient (Wildman–Crippen LogP) is 0.354. The monoisotopic (exact) mass is 233 g/mol. The van der Waals surface area contributed by atoms with Crippen molar-refractivity contribution in [2.75, 3.05) is 25.4 Å². The van der Waals surface area contributed by atoms with E-state index in [0.717, 1.165) is 0 Å². The highest BCUT2D eigenvalue weighted by Gasteiger charge is 2.34. The molecule has 0 spiro atoms. The average molecular weight is 233 g/mol. The Morgan fingerprint density at radius 1 is 1.60 bits per heavy atom. The zero-order chi connectivity index (χ0) is 11.3. The maximum atomic E-state index is 11.9. The molecule has 1 aliphatic rings. The molecule has 0 bridgehead atoms. The van der Waals surface area contributed by atoms with E-state index in [1.807, 2.05) is 6.92 Å². The molecule has 2 unspecified atom stereocenters. The van der Waals surface area contributed by atoms with Crippen molar-refractivity contribution in [2.24, 2.45) is 0 Å². The van der Waals surface area contributed by atoms with Crippen LogP contribution in [0, 0.1) is 0 Å². The Morgan fingerprint density at radius 2 is 2.33 bits per heavy atom. The lowest BCUT2D eigenvalue weighted by molar-refractivity contribution is 0.126. The van der Waals surface area contributed by atoms with E-state index in [4.69, 9.17) is 4.74 Å². The van der Waals surface area contributed by atoms with Gasteiger partial charge in [0.05, 0.1) is 17.1 Å². The first-order chi connectivity index (χ1) is 7.08. The first-order valence-corrected chi connectivity index (χ1v) is 6.94. The smallest absolute Gasteiger partial charge is 0.157 e. The van der Waals surface area contributed by atoms with E-state index in [1.54, 1.807) is 6.08 Å². The van der Waals surface area contributed by atoms with Crippen LogP contribution in [0.1, 0.15) is 13.3 Å². The zero-order valence-electron chi connectivity index (χ0n) is 9.11. The molecule has 0 radical (unpaired) electrons. The molecule has 1 aliphatic heterocycles. The van der Waals surface area contributed by atoms with Gasteiger partial charge in [0.1, 0.15) is 0 Å². The fourth-order valence-electron chi connectivity index (χ4n) is 1.75. The zero-order valence-corrected chi connectivity index (χ0v) is 9.92. The normalized spacial score (nSPS) is 26.7. The maximum Gasteiger partial charge on any atom is 0.157 e. The third kappa shape index (κ3) is 3.59. The number of hydrogen-bond donors (Lipinski definition) is 1. The van der Waals surface area contributed by atoms with Gasteiger partial charge in [0.15, 0.2) is 9.84 Å². The quantitative estimate of drug-likeness (QED) is 0.531. The van der Waals surface area contributed by atoms with Gasteiger partial charge >= 0.3 is 0 Å². The first-order valence-electron chi connectivity index (χ1n) is 5.22. The summed E-state index contributed by atoms with van der Waals surface area (Å²) in [6.45, 7) is 7.07. The van der Waals surface area contributed by atoms with E-state index in [9.17, 15) is 8.42 Å². The molecule has 5 heteroatoms. The number of rotatable bonds is 6. The lowest BCUT2D eigenvalue weighted by Crippen LogP contribution is -2.34. The van der Waals surface area contributed by atoms with Crippen LogP contribution in [0.5, 0.6) is 0 Å². The number of nitrogens with one attached hydrogen (secondary N) is 1. The standard InChI is InChI=1S/C10H19NO3S/c1-3-5-11-6-8-15(12,13)10-4-7-14-9(10)2/h3,9-11H,1,4-8H2,2H3. The van der Waals surface area contributed by atoms with E-state index in [2.05, 4.69) is 11.9 Å². The average Bonchev–Trinajstić information content (AvgIpc) is 2.60. The summed E-state index contributed by atoms with van der Waals surface area (Å²) in [6, 6.07) is 0. The molecule has 1 rings (SSSR count).